The normalized spacial score (nSPS) is 11.3. The molecule has 0 unspecified atom stereocenters. The Morgan fingerprint density at radius 1 is 1.32 bits per heavy atom. The van der Waals surface area contributed by atoms with Gasteiger partial charge < -0.3 is 10.4 Å². The number of hydrogen-bond donors (Lipinski definition) is 2. The third kappa shape index (κ3) is 3.12. The Hall–Kier alpha value is -1.88. The molecule has 4 nitrogen and oxygen atoms in total. The number of anilines is 2. The topological polar surface area (TPSA) is 62.2 Å². The fourth-order valence-corrected chi connectivity index (χ4v) is 2.49. The highest BCUT2D eigenvalue weighted by Crippen LogP contribution is 2.31. The van der Waals surface area contributed by atoms with E-state index in [0.29, 0.717) is 5.13 Å². The van der Waals surface area contributed by atoms with Gasteiger partial charge in [0.25, 0.3) is 0 Å². The van der Waals surface area contributed by atoms with E-state index in [9.17, 15) is 4.79 Å². The Morgan fingerprint density at radius 3 is 2.58 bits per heavy atom. The van der Waals surface area contributed by atoms with Crippen molar-refractivity contribution >= 4 is 28.1 Å². The summed E-state index contributed by atoms with van der Waals surface area (Å²) in [6, 6.07) is 7.98. The SMILES string of the molecule is CC(C)(C)c1ccccc1Nc1nc(C(=O)O)cs1. The highest BCUT2D eigenvalue weighted by molar-refractivity contribution is 7.14. The van der Waals surface area contributed by atoms with Gasteiger partial charge in [-0.3, -0.25) is 0 Å². The summed E-state index contributed by atoms with van der Waals surface area (Å²) in [6.07, 6.45) is 0. The first kappa shape index (κ1) is 13.5. The Kier molecular flexibility index (Phi) is 3.57. The molecule has 2 aromatic rings. The number of aromatic nitrogens is 1. The lowest BCUT2D eigenvalue weighted by atomic mass is 9.86. The molecule has 2 N–H and O–H groups in total. The molecule has 0 spiro atoms. The van der Waals surface area contributed by atoms with Crippen molar-refractivity contribution in [3.63, 3.8) is 0 Å². The molecule has 2 rings (SSSR count). The molecule has 19 heavy (non-hydrogen) atoms. The Bertz CT molecular complexity index is 599. The Labute approximate surface area is 116 Å². The summed E-state index contributed by atoms with van der Waals surface area (Å²) >= 11 is 1.29. The number of nitrogens with one attached hydrogen (secondary N) is 1. The van der Waals surface area contributed by atoms with Crippen molar-refractivity contribution in [2.75, 3.05) is 5.32 Å². The van der Waals surface area contributed by atoms with Crippen LogP contribution in [0.5, 0.6) is 0 Å². The van der Waals surface area contributed by atoms with Gasteiger partial charge in [-0.1, -0.05) is 39.0 Å². The van der Waals surface area contributed by atoms with Crippen molar-refractivity contribution in [2.45, 2.75) is 26.2 Å². The van der Waals surface area contributed by atoms with Crippen LogP contribution in [-0.2, 0) is 5.41 Å². The predicted octanol–water partition coefficient (Wildman–Crippen LogP) is 3.88. The lowest BCUT2D eigenvalue weighted by Crippen LogP contribution is -2.13. The van der Waals surface area contributed by atoms with Crippen LogP contribution in [0.25, 0.3) is 0 Å². The van der Waals surface area contributed by atoms with Crippen molar-refractivity contribution in [3.05, 3.63) is 40.9 Å². The van der Waals surface area contributed by atoms with E-state index < -0.39 is 5.97 Å². The van der Waals surface area contributed by atoms with Gasteiger partial charge in [-0.2, -0.15) is 0 Å². The molecule has 0 aliphatic heterocycles. The van der Waals surface area contributed by atoms with Crippen LogP contribution >= 0.6 is 11.3 Å². The van der Waals surface area contributed by atoms with Gasteiger partial charge in [0.1, 0.15) is 0 Å². The van der Waals surface area contributed by atoms with Crippen molar-refractivity contribution in [1.29, 1.82) is 0 Å². The molecule has 0 aliphatic rings. The highest BCUT2D eigenvalue weighted by atomic mass is 32.1. The molecular weight excluding hydrogens is 260 g/mol. The maximum Gasteiger partial charge on any atom is 0.355 e. The van der Waals surface area contributed by atoms with Crippen molar-refractivity contribution < 1.29 is 9.90 Å². The zero-order chi connectivity index (χ0) is 14.0. The van der Waals surface area contributed by atoms with Gasteiger partial charge >= 0.3 is 5.97 Å². The summed E-state index contributed by atoms with van der Waals surface area (Å²) in [5, 5.41) is 14.2. The predicted molar refractivity (Wildman–Crippen MR) is 77.5 cm³/mol. The third-order valence-corrected chi connectivity index (χ3v) is 3.46. The van der Waals surface area contributed by atoms with E-state index in [1.54, 1.807) is 0 Å². The number of rotatable bonds is 3. The van der Waals surface area contributed by atoms with Gasteiger partial charge in [0.05, 0.1) is 0 Å². The number of para-hydroxylation sites is 1. The number of carboxylic acid groups (broad SMARTS) is 1. The average molecular weight is 276 g/mol. The molecule has 0 bridgehead atoms. The molecular formula is C14H16N2O2S. The van der Waals surface area contributed by atoms with Crippen LogP contribution in [-0.4, -0.2) is 16.1 Å². The van der Waals surface area contributed by atoms with Gasteiger partial charge in [-0.25, -0.2) is 9.78 Å². The largest absolute Gasteiger partial charge is 0.476 e. The molecule has 1 aromatic carbocycles. The Balaban J connectivity index is 2.30. The number of hydrogen-bond acceptors (Lipinski definition) is 4. The van der Waals surface area contributed by atoms with Crippen molar-refractivity contribution in [3.8, 4) is 0 Å². The molecule has 0 aliphatic carbocycles. The van der Waals surface area contributed by atoms with Gasteiger partial charge in [-0.15, -0.1) is 11.3 Å². The number of carbonyl (C=O) groups is 1. The van der Waals surface area contributed by atoms with E-state index in [2.05, 4.69) is 37.1 Å². The van der Waals surface area contributed by atoms with E-state index in [1.807, 2.05) is 18.2 Å². The van der Waals surface area contributed by atoms with Crippen LogP contribution in [0, 0.1) is 0 Å². The fourth-order valence-electron chi connectivity index (χ4n) is 1.79. The molecule has 0 saturated heterocycles. The molecule has 0 atom stereocenters. The number of nitrogens with zero attached hydrogens (tertiary/aromatic N) is 1. The summed E-state index contributed by atoms with van der Waals surface area (Å²) in [5.41, 5.74) is 2.21. The van der Waals surface area contributed by atoms with Crippen LogP contribution in [0.1, 0.15) is 36.8 Å². The maximum absolute atomic E-state index is 10.8. The van der Waals surface area contributed by atoms with Crippen LogP contribution in [0.4, 0.5) is 10.8 Å². The second-order valence-corrected chi connectivity index (χ2v) is 6.12. The monoisotopic (exact) mass is 276 g/mol. The number of carboxylic acids is 1. The van der Waals surface area contributed by atoms with Gasteiger partial charge in [0.2, 0.25) is 0 Å². The molecule has 100 valence electrons. The summed E-state index contributed by atoms with van der Waals surface area (Å²) in [7, 11) is 0. The fraction of sp³-hybridized carbons (Fsp3) is 0.286. The maximum atomic E-state index is 10.8. The van der Waals surface area contributed by atoms with Crippen LogP contribution in [0.15, 0.2) is 29.6 Å². The highest BCUT2D eigenvalue weighted by Gasteiger charge is 2.18. The molecule has 0 fully saturated rings. The van der Waals surface area contributed by atoms with Gasteiger partial charge in [0, 0.05) is 11.1 Å². The molecule has 5 heteroatoms. The number of thiazole rings is 1. The van der Waals surface area contributed by atoms with Crippen molar-refractivity contribution in [2.24, 2.45) is 0 Å². The first-order chi connectivity index (χ1) is 8.88. The standard InChI is InChI=1S/C14H16N2O2S/c1-14(2,3)9-6-4-5-7-10(9)15-13-16-11(8-19-13)12(17)18/h4-8H,1-3H3,(H,15,16)(H,17,18). The molecule has 0 radical (unpaired) electrons. The summed E-state index contributed by atoms with van der Waals surface area (Å²) in [5.74, 6) is -1.01. The van der Waals surface area contributed by atoms with Crippen LogP contribution in [0.3, 0.4) is 0 Å². The number of aromatic carboxylic acids is 1. The van der Waals surface area contributed by atoms with E-state index in [1.165, 1.54) is 22.3 Å². The zero-order valence-corrected chi connectivity index (χ0v) is 11.9. The molecule has 0 amide bonds. The number of benzene rings is 1. The first-order valence-corrected chi connectivity index (χ1v) is 6.81. The lowest BCUT2D eigenvalue weighted by Gasteiger charge is -2.22. The molecule has 0 saturated carbocycles. The van der Waals surface area contributed by atoms with E-state index in [4.69, 9.17) is 5.11 Å². The van der Waals surface area contributed by atoms with Crippen LogP contribution in [0.2, 0.25) is 0 Å². The zero-order valence-electron chi connectivity index (χ0n) is 11.1. The average Bonchev–Trinajstić information content (AvgIpc) is 2.77. The second kappa shape index (κ2) is 5.01. The summed E-state index contributed by atoms with van der Waals surface area (Å²) in [4.78, 5) is 14.8. The van der Waals surface area contributed by atoms with Gasteiger partial charge in [-0.05, 0) is 17.0 Å². The van der Waals surface area contributed by atoms with E-state index in [0.717, 1.165) is 5.69 Å². The minimum Gasteiger partial charge on any atom is -0.476 e. The van der Waals surface area contributed by atoms with Gasteiger partial charge in [0.15, 0.2) is 10.8 Å². The minimum absolute atomic E-state index is 0.0104. The first-order valence-electron chi connectivity index (χ1n) is 5.93. The molecule has 1 aromatic heterocycles. The summed E-state index contributed by atoms with van der Waals surface area (Å²) < 4.78 is 0. The van der Waals surface area contributed by atoms with E-state index in [-0.39, 0.29) is 11.1 Å². The van der Waals surface area contributed by atoms with Crippen molar-refractivity contribution in [1.82, 2.24) is 4.98 Å². The minimum atomic E-state index is -1.01. The smallest absolute Gasteiger partial charge is 0.355 e. The summed E-state index contributed by atoms with van der Waals surface area (Å²) in [6.45, 7) is 6.41. The third-order valence-electron chi connectivity index (χ3n) is 2.70. The Morgan fingerprint density at radius 2 is 2.00 bits per heavy atom. The lowest BCUT2D eigenvalue weighted by molar-refractivity contribution is 0.0691. The van der Waals surface area contributed by atoms with E-state index >= 15 is 0 Å². The molecule has 1 heterocycles. The van der Waals surface area contributed by atoms with Crippen LogP contribution < -0.4 is 5.32 Å². The second-order valence-electron chi connectivity index (χ2n) is 5.26. The quantitative estimate of drug-likeness (QED) is 0.893.